The fraction of sp³-hybridized carbons (Fsp3) is 0.111. The summed E-state index contributed by atoms with van der Waals surface area (Å²) >= 11 is 6.52. The summed E-state index contributed by atoms with van der Waals surface area (Å²) < 4.78 is 6.11. The number of amides is 1. The van der Waals surface area contributed by atoms with Crippen LogP contribution in [-0.4, -0.2) is 33.4 Å². The first-order valence-corrected chi connectivity index (χ1v) is 8.59. The highest BCUT2D eigenvalue weighted by atomic mass is 32.2. The third kappa shape index (κ3) is 3.77. The van der Waals surface area contributed by atoms with E-state index < -0.39 is 0 Å². The number of hydrogen-bond acceptors (Lipinski definition) is 5. The molecule has 122 valence electrons. The summed E-state index contributed by atoms with van der Waals surface area (Å²) in [5.74, 6) is 0.729. The second-order valence-electron chi connectivity index (χ2n) is 5.05. The van der Waals surface area contributed by atoms with Gasteiger partial charge in [0.2, 0.25) is 0 Å². The predicted molar refractivity (Wildman–Crippen MR) is 99.9 cm³/mol. The molecular weight excluding hydrogens is 342 g/mol. The first-order valence-electron chi connectivity index (χ1n) is 7.36. The number of aromatic hydroxyl groups is 1. The number of phenolic OH excluding ortho intramolecular Hbond substituents is 1. The van der Waals surface area contributed by atoms with E-state index in [0.29, 0.717) is 27.9 Å². The van der Waals surface area contributed by atoms with Crippen molar-refractivity contribution in [2.75, 3.05) is 13.2 Å². The van der Waals surface area contributed by atoms with E-state index >= 15 is 0 Å². The van der Waals surface area contributed by atoms with E-state index in [9.17, 15) is 9.90 Å². The zero-order chi connectivity index (χ0) is 16.9. The van der Waals surface area contributed by atoms with Crippen LogP contribution in [0.2, 0.25) is 0 Å². The van der Waals surface area contributed by atoms with Gasteiger partial charge in [0.05, 0.1) is 11.4 Å². The van der Waals surface area contributed by atoms with Crippen molar-refractivity contribution < 1.29 is 14.6 Å². The lowest BCUT2D eigenvalue weighted by Crippen LogP contribution is -2.32. The molecule has 1 fully saturated rings. The number of hydrogen-bond donors (Lipinski definition) is 1. The number of para-hydroxylation sites is 2. The third-order valence-electron chi connectivity index (χ3n) is 3.42. The molecule has 24 heavy (non-hydrogen) atoms. The largest absolute Gasteiger partial charge is 0.507 e. The molecule has 2 aromatic rings. The van der Waals surface area contributed by atoms with Crippen LogP contribution < -0.4 is 4.74 Å². The fourth-order valence-corrected chi connectivity index (χ4v) is 3.51. The number of carbonyl (C=O) groups excluding carboxylic acids is 1. The van der Waals surface area contributed by atoms with Crippen LogP contribution in [-0.2, 0) is 4.79 Å². The Balaban J connectivity index is 1.65. The highest BCUT2D eigenvalue weighted by Crippen LogP contribution is 2.33. The van der Waals surface area contributed by atoms with Crippen LogP contribution in [0.25, 0.3) is 6.08 Å². The molecule has 0 saturated carbocycles. The van der Waals surface area contributed by atoms with Crippen molar-refractivity contribution in [2.24, 2.45) is 0 Å². The van der Waals surface area contributed by atoms with Crippen LogP contribution in [0.5, 0.6) is 11.5 Å². The van der Waals surface area contributed by atoms with Gasteiger partial charge in [-0.3, -0.25) is 9.69 Å². The van der Waals surface area contributed by atoms with E-state index in [1.165, 1.54) is 16.7 Å². The average molecular weight is 357 g/mol. The molecule has 0 bridgehead atoms. The molecule has 0 unspecified atom stereocenters. The lowest BCUT2D eigenvalue weighted by Gasteiger charge is -2.14. The van der Waals surface area contributed by atoms with Crippen LogP contribution in [0, 0.1) is 0 Å². The summed E-state index contributed by atoms with van der Waals surface area (Å²) in [5.41, 5.74) is 0.596. The Morgan fingerprint density at radius 2 is 1.83 bits per heavy atom. The molecule has 0 atom stereocenters. The molecule has 0 aliphatic carbocycles. The Hall–Kier alpha value is -2.31. The van der Waals surface area contributed by atoms with E-state index in [1.807, 2.05) is 30.3 Å². The molecule has 1 N–H and O–H groups in total. The van der Waals surface area contributed by atoms with Gasteiger partial charge in [-0.05, 0) is 24.3 Å². The third-order valence-corrected chi connectivity index (χ3v) is 4.80. The van der Waals surface area contributed by atoms with Gasteiger partial charge in [-0.15, -0.1) is 0 Å². The normalized spacial score (nSPS) is 16.0. The Bertz CT molecular complexity index is 790. The standard InChI is InChI=1S/C18H15NO3S2/c20-15-9-5-4-6-13(15)12-16-17(21)19(18(23)24-16)10-11-22-14-7-2-1-3-8-14/h1-9,12,20H,10-11H2/b16-12-. The van der Waals surface area contributed by atoms with Crippen LogP contribution in [0.4, 0.5) is 0 Å². The average Bonchev–Trinajstić information content (AvgIpc) is 2.85. The van der Waals surface area contributed by atoms with Gasteiger partial charge in [-0.1, -0.05) is 60.4 Å². The summed E-state index contributed by atoms with van der Waals surface area (Å²) in [6, 6.07) is 16.3. The molecule has 3 rings (SSSR count). The number of rotatable bonds is 5. The minimum Gasteiger partial charge on any atom is -0.507 e. The zero-order valence-electron chi connectivity index (χ0n) is 12.7. The quantitative estimate of drug-likeness (QED) is 0.654. The van der Waals surface area contributed by atoms with E-state index in [2.05, 4.69) is 0 Å². The number of benzene rings is 2. The molecule has 1 aliphatic heterocycles. The van der Waals surface area contributed by atoms with E-state index in [0.717, 1.165) is 5.75 Å². The van der Waals surface area contributed by atoms with Crippen molar-refractivity contribution in [1.82, 2.24) is 4.90 Å². The second-order valence-corrected chi connectivity index (χ2v) is 6.73. The summed E-state index contributed by atoms with van der Waals surface area (Å²) in [6.45, 7) is 0.748. The SMILES string of the molecule is O=C1/C(=C/c2ccccc2O)SC(=S)N1CCOc1ccccc1. The molecule has 0 aromatic heterocycles. The number of thiocarbonyl (C=S) groups is 1. The van der Waals surface area contributed by atoms with Crippen molar-refractivity contribution in [3.05, 3.63) is 65.1 Å². The molecule has 2 aromatic carbocycles. The summed E-state index contributed by atoms with van der Waals surface area (Å²) in [7, 11) is 0. The number of carbonyl (C=O) groups is 1. The van der Waals surface area contributed by atoms with Gasteiger partial charge in [0.15, 0.2) is 0 Å². The van der Waals surface area contributed by atoms with Gasteiger partial charge in [0.25, 0.3) is 5.91 Å². The van der Waals surface area contributed by atoms with Crippen LogP contribution in [0.1, 0.15) is 5.56 Å². The minimum atomic E-state index is -0.162. The van der Waals surface area contributed by atoms with Gasteiger partial charge in [-0.25, -0.2) is 0 Å². The molecule has 1 aliphatic rings. The van der Waals surface area contributed by atoms with Crippen molar-refractivity contribution >= 4 is 40.3 Å². The first-order chi connectivity index (χ1) is 11.6. The topological polar surface area (TPSA) is 49.8 Å². The van der Waals surface area contributed by atoms with Gasteiger partial charge >= 0.3 is 0 Å². The maximum absolute atomic E-state index is 12.5. The smallest absolute Gasteiger partial charge is 0.266 e. The number of nitrogens with zero attached hydrogens (tertiary/aromatic N) is 1. The molecule has 1 amide bonds. The summed E-state index contributed by atoms with van der Waals surface area (Å²) in [5, 5.41) is 9.82. The molecular formula is C18H15NO3S2. The van der Waals surface area contributed by atoms with Crippen LogP contribution in [0.15, 0.2) is 59.5 Å². The lowest BCUT2D eigenvalue weighted by molar-refractivity contribution is -0.122. The highest BCUT2D eigenvalue weighted by molar-refractivity contribution is 8.26. The fourth-order valence-electron chi connectivity index (χ4n) is 2.22. The minimum absolute atomic E-state index is 0.134. The predicted octanol–water partition coefficient (Wildman–Crippen LogP) is 3.67. The lowest BCUT2D eigenvalue weighted by atomic mass is 10.2. The van der Waals surface area contributed by atoms with E-state index in [1.54, 1.807) is 30.3 Å². The first kappa shape index (κ1) is 16.5. The van der Waals surface area contributed by atoms with Crippen molar-refractivity contribution in [3.63, 3.8) is 0 Å². The van der Waals surface area contributed by atoms with Crippen LogP contribution in [0.3, 0.4) is 0 Å². The molecule has 0 radical (unpaired) electrons. The van der Waals surface area contributed by atoms with Gasteiger partial charge in [0.1, 0.15) is 22.4 Å². The summed E-state index contributed by atoms with van der Waals surface area (Å²) in [6.07, 6.45) is 1.66. The summed E-state index contributed by atoms with van der Waals surface area (Å²) in [4.78, 5) is 14.5. The molecule has 6 heteroatoms. The van der Waals surface area contributed by atoms with Gasteiger partial charge in [-0.2, -0.15) is 0 Å². The van der Waals surface area contributed by atoms with Crippen molar-refractivity contribution in [2.45, 2.75) is 0 Å². The molecule has 0 spiro atoms. The second kappa shape index (κ2) is 7.51. The molecule has 1 heterocycles. The number of phenols is 1. The van der Waals surface area contributed by atoms with Crippen molar-refractivity contribution in [1.29, 1.82) is 0 Å². The zero-order valence-corrected chi connectivity index (χ0v) is 14.3. The highest BCUT2D eigenvalue weighted by Gasteiger charge is 2.31. The molecule has 1 saturated heterocycles. The molecule has 4 nitrogen and oxygen atoms in total. The maximum atomic E-state index is 12.5. The number of thioether (sulfide) groups is 1. The van der Waals surface area contributed by atoms with E-state index in [4.69, 9.17) is 17.0 Å². The Labute approximate surface area is 149 Å². The van der Waals surface area contributed by atoms with Crippen LogP contribution >= 0.6 is 24.0 Å². The Kier molecular flexibility index (Phi) is 5.17. The van der Waals surface area contributed by atoms with E-state index in [-0.39, 0.29) is 11.7 Å². The van der Waals surface area contributed by atoms with Gasteiger partial charge in [0, 0.05) is 5.56 Å². The van der Waals surface area contributed by atoms with Crippen molar-refractivity contribution in [3.8, 4) is 11.5 Å². The Morgan fingerprint density at radius 3 is 2.58 bits per heavy atom. The maximum Gasteiger partial charge on any atom is 0.266 e. The number of ether oxygens (including phenoxy) is 1. The Morgan fingerprint density at radius 1 is 1.12 bits per heavy atom. The van der Waals surface area contributed by atoms with Gasteiger partial charge < -0.3 is 9.84 Å². The monoisotopic (exact) mass is 357 g/mol.